The molecule has 2 heterocycles. The molecule has 2 aromatic rings. The Labute approximate surface area is 169 Å². The van der Waals surface area contributed by atoms with Crippen LogP contribution in [0.1, 0.15) is 5.56 Å². The van der Waals surface area contributed by atoms with E-state index >= 15 is 0 Å². The molecule has 0 radical (unpaired) electrons. The smallest absolute Gasteiger partial charge is 0.266 e. The molecule has 1 aliphatic rings. The van der Waals surface area contributed by atoms with Gasteiger partial charge in [0.2, 0.25) is 5.91 Å². The fraction of sp³-hybridized carbons (Fsp3) is 0.0588. The molecule has 0 saturated carbocycles. The van der Waals surface area contributed by atoms with Crippen LogP contribution in [-0.4, -0.2) is 32.6 Å². The zero-order valence-corrected chi connectivity index (χ0v) is 16.3. The third kappa shape index (κ3) is 4.42. The number of carbonyl (C=O) groups is 2. The molecule has 1 N–H and O–H groups in total. The summed E-state index contributed by atoms with van der Waals surface area (Å²) in [6, 6.07) is 8.40. The van der Waals surface area contributed by atoms with Crippen LogP contribution in [0.15, 0.2) is 47.6 Å². The summed E-state index contributed by atoms with van der Waals surface area (Å²) in [4.78, 5) is 30.3. The lowest BCUT2D eigenvalue weighted by atomic mass is 10.2. The molecule has 0 aliphatic carbocycles. The van der Waals surface area contributed by atoms with Crippen LogP contribution >= 0.6 is 47.2 Å². The first-order chi connectivity index (χ1) is 12.4. The van der Waals surface area contributed by atoms with Crippen molar-refractivity contribution < 1.29 is 9.59 Å². The number of nitrogens with zero attached hydrogens (tertiary/aromatic N) is 2. The fourth-order valence-electron chi connectivity index (χ4n) is 2.18. The number of amides is 2. The molecule has 1 saturated heterocycles. The van der Waals surface area contributed by atoms with Gasteiger partial charge in [-0.3, -0.25) is 19.5 Å². The van der Waals surface area contributed by atoms with E-state index in [-0.39, 0.29) is 18.4 Å². The molecule has 0 bridgehead atoms. The second-order valence-corrected chi connectivity index (χ2v) is 7.74. The van der Waals surface area contributed by atoms with Crippen molar-refractivity contribution in [1.29, 1.82) is 0 Å². The van der Waals surface area contributed by atoms with Gasteiger partial charge in [0.05, 0.1) is 16.8 Å². The Kier molecular flexibility index (Phi) is 5.93. The van der Waals surface area contributed by atoms with Gasteiger partial charge in [-0.1, -0.05) is 53.2 Å². The molecular weight excluding hydrogens is 413 g/mol. The van der Waals surface area contributed by atoms with E-state index < -0.39 is 0 Å². The van der Waals surface area contributed by atoms with E-state index in [2.05, 4.69) is 10.3 Å². The fourth-order valence-corrected chi connectivity index (χ4v) is 3.89. The van der Waals surface area contributed by atoms with E-state index in [0.717, 1.165) is 11.8 Å². The SMILES string of the molecule is O=C(CN1C(=O)C(=Cc2ccc(Cl)cc2Cl)SC1=S)Nc1cccnc1. The third-order valence-electron chi connectivity index (χ3n) is 3.37. The molecule has 9 heteroatoms. The van der Waals surface area contributed by atoms with Crippen LogP contribution < -0.4 is 5.32 Å². The van der Waals surface area contributed by atoms with Gasteiger partial charge in [-0.05, 0) is 35.9 Å². The first kappa shape index (κ1) is 18.8. The summed E-state index contributed by atoms with van der Waals surface area (Å²) >= 11 is 18.4. The van der Waals surface area contributed by atoms with Crippen LogP contribution in [-0.2, 0) is 9.59 Å². The van der Waals surface area contributed by atoms with Gasteiger partial charge >= 0.3 is 0 Å². The maximum atomic E-state index is 12.6. The zero-order valence-electron chi connectivity index (χ0n) is 13.1. The number of halogens is 2. The van der Waals surface area contributed by atoms with Crippen molar-refractivity contribution in [2.24, 2.45) is 0 Å². The maximum absolute atomic E-state index is 12.6. The van der Waals surface area contributed by atoms with Crippen LogP contribution in [0.4, 0.5) is 5.69 Å². The number of hydrogen-bond donors (Lipinski definition) is 1. The summed E-state index contributed by atoms with van der Waals surface area (Å²) < 4.78 is 0.313. The molecule has 1 aliphatic heterocycles. The molecule has 5 nitrogen and oxygen atoms in total. The minimum atomic E-state index is -0.361. The number of hydrogen-bond acceptors (Lipinski definition) is 5. The van der Waals surface area contributed by atoms with Crippen LogP contribution in [0.2, 0.25) is 10.0 Å². The van der Waals surface area contributed by atoms with Gasteiger partial charge in [0.15, 0.2) is 0 Å². The van der Waals surface area contributed by atoms with Crippen molar-refractivity contribution in [3.8, 4) is 0 Å². The lowest BCUT2D eigenvalue weighted by Gasteiger charge is -2.14. The highest BCUT2D eigenvalue weighted by molar-refractivity contribution is 8.26. The van der Waals surface area contributed by atoms with Crippen LogP contribution in [0.3, 0.4) is 0 Å². The average molecular weight is 424 g/mol. The Balaban J connectivity index is 1.72. The van der Waals surface area contributed by atoms with E-state index in [0.29, 0.717) is 30.5 Å². The lowest BCUT2D eigenvalue weighted by Crippen LogP contribution is -2.36. The van der Waals surface area contributed by atoms with E-state index in [9.17, 15) is 9.59 Å². The summed E-state index contributed by atoms with van der Waals surface area (Å²) in [7, 11) is 0. The molecule has 3 rings (SSSR count). The Bertz CT molecular complexity index is 919. The molecule has 132 valence electrons. The van der Waals surface area contributed by atoms with Crippen molar-refractivity contribution >= 4 is 75.1 Å². The molecule has 1 fully saturated rings. The number of thiocarbonyl (C=S) groups is 1. The standard InChI is InChI=1S/C17H11Cl2N3O2S2/c18-11-4-3-10(13(19)7-11)6-14-16(24)22(17(25)26-14)9-15(23)21-12-2-1-5-20-8-12/h1-8H,9H2,(H,21,23). The molecule has 1 aromatic carbocycles. The minimum Gasteiger partial charge on any atom is -0.323 e. The van der Waals surface area contributed by atoms with E-state index in [4.69, 9.17) is 35.4 Å². The number of thioether (sulfide) groups is 1. The normalized spacial score (nSPS) is 15.6. The van der Waals surface area contributed by atoms with E-state index in [1.54, 1.807) is 42.6 Å². The van der Waals surface area contributed by atoms with E-state index in [1.807, 2.05) is 0 Å². The second-order valence-electron chi connectivity index (χ2n) is 5.22. The summed E-state index contributed by atoms with van der Waals surface area (Å²) in [5.41, 5.74) is 1.20. The Hall–Kier alpha value is -1.93. The molecule has 1 aromatic heterocycles. The van der Waals surface area contributed by atoms with Crippen LogP contribution in [0, 0.1) is 0 Å². The summed E-state index contributed by atoms with van der Waals surface area (Å²) in [6.07, 6.45) is 4.76. The van der Waals surface area contributed by atoms with Crippen LogP contribution in [0.5, 0.6) is 0 Å². The number of nitrogens with one attached hydrogen (secondary N) is 1. The largest absolute Gasteiger partial charge is 0.323 e. The predicted molar refractivity (Wildman–Crippen MR) is 109 cm³/mol. The third-order valence-corrected chi connectivity index (χ3v) is 5.31. The molecule has 0 unspecified atom stereocenters. The number of anilines is 1. The lowest BCUT2D eigenvalue weighted by molar-refractivity contribution is -0.126. The topological polar surface area (TPSA) is 62.3 Å². The van der Waals surface area contributed by atoms with Gasteiger partial charge in [-0.2, -0.15) is 0 Å². The second kappa shape index (κ2) is 8.18. The van der Waals surface area contributed by atoms with Crippen molar-refractivity contribution in [3.05, 3.63) is 63.2 Å². The van der Waals surface area contributed by atoms with Crippen molar-refractivity contribution in [2.75, 3.05) is 11.9 Å². The summed E-state index contributed by atoms with van der Waals surface area (Å²) in [6.45, 7) is -0.175. The summed E-state index contributed by atoms with van der Waals surface area (Å²) in [5, 5.41) is 3.60. The Morgan fingerprint density at radius 1 is 1.35 bits per heavy atom. The molecule has 2 amide bonds. The first-order valence-electron chi connectivity index (χ1n) is 7.34. The van der Waals surface area contributed by atoms with Gasteiger partial charge in [0.1, 0.15) is 10.9 Å². The van der Waals surface area contributed by atoms with Gasteiger partial charge in [0, 0.05) is 16.2 Å². The molecule has 0 atom stereocenters. The number of pyridine rings is 1. The molecule has 26 heavy (non-hydrogen) atoms. The number of benzene rings is 1. The Morgan fingerprint density at radius 3 is 2.85 bits per heavy atom. The molecule has 0 spiro atoms. The number of carbonyl (C=O) groups excluding carboxylic acids is 2. The van der Waals surface area contributed by atoms with Gasteiger partial charge in [0.25, 0.3) is 5.91 Å². The van der Waals surface area contributed by atoms with Crippen molar-refractivity contribution in [1.82, 2.24) is 9.88 Å². The van der Waals surface area contributed by atoms with Gasteiger partial charge in [-0.15, -0.1) is 0 Å². The average Bonchev–Trinajstić information content (AvgIpc) is 2.86. The quantitative estimate of drug-likeness (QED) is 0.588. The maximum Gasteiger partial charge on any atom is 0.266 e. The van der Waals surface area contributed by atoms with Crippen molar-refractivity contribution in [2.45, 2.75) is 0 Å². The molecular formula is C17H11Cl2N3O2S2. The zero-order chi connectivity index (χ0) is 18.7. The van der Waals surface area contributed by atoms with Gasteiger partial charge < -0.3 is 5.32 Å². The highest BCUT2D eigenvalue weighted by Gasteiger charge is 2.33. The van der Waals surface area contributed by atoms with Crippen LogP contribution in [0.25, 0.3) is 6.08 Å². The predicted octanol–water partition coefficient (Wildman–Crippen LogP) is 4.23. The van der Waals surface area contributed by atoms with Crippen molar-refractivity contribution in [3.63, 3.8) is 0 Å². The highest BCUT2D eigenvalue weighted by atomic mass is 35.5. The highest BCUT2D eigenvalue weighted by Crippen LogP contribution is 2.34. The number of rotatable bonds is 4. The first-order valence-corrected chi connectivity index (χ1v) is 9.32. The Morgan fingerprint density at radius 2 is 2.15 bits per heavy atom. The minimum absolute atomic E-state index is 0.175. The summed E-state index contributed by atoms with van der Waals surface area (Å²) in [5.74, 6) is -0.701. The number of aromatic nitrogens is 1. The monoisotopic (exact) mass is 423 g/mol. The van der Waals surface area contributed by atoms with E-state index in [1.165, 1.54) is 11.1 Å². The van der Waals surface area contributed by atoms with Gasteiger partial charge in [-0.25, -0.2) is 0 Å².